The molecule has 0 radical (unpaired) electrons. The normalized spacial score (nSPS) is 12.4. The van der Waals surface area contributed by atoms with Crippen LogP contribution in [0.15, 0.2) is 29.4 Å². The highest BCUT2D eigenvalue weighted by atomic mass is 16.3. The minimum atomic E-state index is -0.684. The number of nitroso groups, excluding NO2 is 1. The van der Waals surface area contributed by atoms with Crippen LogP contribution < -0.4 is 5.32 Å². The number of hydrogen-bond acceptors (Lipinski definition) is 4. The molecule has 92 valence electrons. The molecule has 0 spiro atoms. The van der Waals surface area contributed by atoms with Gasteiger partial charge in [0.1, 0.15) is 5.75 Å². The molecule has 0 heterocycles. The van der Waals surface area contributed by atoms with Crippen LogP contribution in [0.5, 0.6) is 5.75 Å². The smallest absolute Gasteiger partial charge is 0.288 e. The highest BCUT2D eigenvalue weighted by Gasteiger charge is 2.17. The van der Waals surface area contributed by atoms with Crippen LogP contribution in [0.3, 0.4) is 0 Å². The third-order valence-electron chi connectivity index (χ3n) is 2.31. The van der Waals surface area contributed by atoms with Gasteiger partial charge in [0.05, 0.1) is 6.42 Å². The van der Waals surface area contributed by atoms with E-state index in [4.69, 9.17) is 0 Å². The van der Waals surface area contributed by atoms with Gasteiger partial charge in [0.2, 0.25) is 0 Å². The minimum absolute atomic E-state index is 0.0203. The van der Waals surface area contributed by atoms with Crippen molar-refractivity contribution in [3.05, 3.63) is 34.7 Å². The van der Waals surface area contributed by atoms with Crippen LogP contribution in [0.1, 0.15) is 31.9 Å². The Labute approximate surface area is 99.8 Å². The van der Waals surface area contributed by atoms with Gasteiger partial charge >= 0.3 is 0 Å². The molecular weight excluding hydrogens is 220 g/mol. The van der Waals surface area contributed by atoms with Gasteiger partial charge in [-0.1, -0.05) is 26.0 Å². The van der Waals surface area contributed by atoms with Gasteiger partial charge in [-0.3, -0.25) is 4.79 Å². The Morgan fingerprint density at radius 2 is 1.94 bits per heavy atom. The number of nitrogens with zero attached hydrogens (tertiary/aromatic N) is 1. The highest BCUT2D eigenvalue weighted by molar-refractivity contribution is 5.77. The van der Waals surface area contributed by atoms with Crippen molar-refractivity contribution in [3.8, 4) is 5.75 Å². The summed E-state index contributed by atoms with van der Waals surface area (Å²) in [5, 5.41) is 14.8. The Morgan fingerprint density at radius 3 is 2.41 bits per heavy atom. The van der Waals surface area contributed by atoms with E-state index in [1.807, 2.05) is 13.8 Å². The molecule has 2 N–H and O–H groups in total. The zero-order valence-corrected chi connectivity index (χ0v) is 9.88. The molecular formula is C12H16N2O3. The standard InChI is InChI=1S/C12H16N2O3/c1-8(2)13-11(7-12(16)14-17)9-3-5-10(15)6-4-9/h3-6,8,11,13,15H,7H2,1-2H3. The van der Waals surface area contributed by atoms with Gasteiger partial charge in [0, 0.05) is 17.3 Å². The van der Waals surface area contributed by atoms with Crippen LogP contribution in [0.25, 0.3) is 0 Å². The Kier molecular flexibility index (Phi) is 4.78. The molecule has 1 atom stereocenters. The molecule has 5 nitrogen and oxygen atoms in total. The summed E-state index contributed by atoms with van der Waals surface area (Å²) in [6, 6.07) is 6.43. The summed E-state index contributed by atoms with van der Waals surface area (Å²) >= 11 is 0. The first kappa shape index (κ1) is 13.3. The lowest BCUT2D eigenvalue weighted by Gasteiger charge is -2.20. The number of phenolic OH excluding ortho intramolecular Hbond substituents is 1. The summed E-state index contributed by atoms with van der Waals surface area (Å²) in [6.07, 6.45) is 0.0203. The van der Waals surface area contributed by atoms with E-state index in [-0.39, 0.29) is 24.3 Å². The number of amides is 1. The molecule has 0 saturated carbocycles. The van der Waals surface area contributed by atoms with Crippen LogP contribution in [0.2, 0.25) is 0 Å². The van der Waals surface area contributed by atoms with Crippen molar-refractivity contribution >= 4 is 5.91 Å². The van der Waals surface area contributed by atoms with E-state index in [1.165, 1.54) is 0 Å². The number of carbonyl (C=O) groups is 1. The van der Waals surface area contributed by atoms with Crippen LogP contribution >= 0.6 is 0 Å². The van der Waals surface area contributed by atoms with E-state index in [1.54, 1.807) is 24.3 Å². The second-order valence-electron chi connectivity index (χ2n) is 4.15. The largest absolute Gasteiger partial charge is 0.508 e. The first-order valence-electron chi connectivity index (χ1n) is 5.44. The van der Waals surface area contributed by atoms with Gasteiger partial charge in [-0.05, 0) is 17.7 Å². The lowest BCUT2D eigenvalue weighted by atomic mass is 10.0. The molecule has 1 amide bonds. The third kappa shape index (κ3) is 4.32. The number of hydrogen-bond donors (Lipinski definition) is 2. The predicted molar refractivity (Wildman–Crippen MR) is 64.5 cm³/mol. The molecule has 0 saturated heterocycles. The molecule has 17 heavy (non-hydrogen) atoms. The Hall–Kier alpha value is -1.75. The van der Waals surface area contributed by atoms with E-state index in [9.17, 15) is 14.8 Å². The topological polar surface area (TPSA) is 78.8 Å². The fourth-order valence-electron chi connectivity index (χ4n) is 1.59. The molecule has 1 aromatic carbocycles. The van der Waals surface area contributed by atoms with E-state index in [0.717, 1.165) is 5.56 Å². The quantitative estimate of drug-likeness (QED) is 0.767. The maximum Gasteiger partial charge on any atom is 0.288 e. The SMILES string of the molecule is CC(C)NC(CC(=O)N=O)c1ccc(O)cc1. The van der Waals surface area contributed by atoms with E-state index < -0.39 is 5.91 Å². The third-order valence-corrected chi connectivity index (χ3v) is 2.31. The molecule has 1 aromatic rings. The zero-order valence-electron chi connectivity index (χ0n) is 9.88. The first-order chi connectivity index (χ1) is 8.02. The lowest BCUT2D eigenvalue weighted by Crippen LogP contribution is -2.29. The van der Waals surface area contributed by atoms with Crippen LogP contribution in [-0.4, -0.2) is 17.1 Å². The Balaban J connectivity index is 2.84. The molecule has 0 aliphatic rings. The molecule has 1 rings (SSSR count). The fourth-order valence-corrected chi connectivity index (χ4v) is 1.59. The summed E-state index contributed by atoms with van der Waals surface area (Å²) in [5.74, 6) is -0.520. The number of rotatable bonds is 5. The number of benzene rings is 1. The predicted octanol–water partition coefficient (Wildman–Crippen LogP) is 2.11. The molecule has 0 aliphatic carbocycles. The van der Waals surface area contributed by atoms with Gasteiger partial charge in [0.25, 0.3) is 5.91 Å². The summed E-state index contributed by atoms with van der Waals surface area (Å²) in [4.78, 5) is 21.2. The van der Waals surface area contributed by atoms with Crippen molar-refractivity contribution in [2.75, 3.05) is 0 Å². The van der Waals surface area contributed by atoms with Crippen LogP contribution in [0, 0.1) is 4.91 Å². The summed E-state index contributed by atoms with van der Waals surface area (Å²) in [6.45, 7) is 3.90. The summed E-state index contributed by atoms with van der Waals surface area (Å²) in [5.41, 5.74) is 0.841. The van der Waals surface area contributed by atoms with Crippen molar-refractivity contribution in [3.63, 3.8) is 0 Å². The van der Waals surface area contributed by atoms with Gasteiger partial charge in [-0.2, -0.15) is 0 Å². The van der Waals surface area contributed by atoms with E-state index >= 15 is 0 Å². The second kappa shape index (κ2) is 6.10. The van der Waals surface area contributed by atoms with Crippen molar-refractivity contribution in [1.82, 2.24) is 5.32 Å². The van der Waals surface area contributed by atoms with Crippen molar-refractivity contribution in [2.24, 2.45) is 5.18 Å². The fraction of sp³-hybridized carbons (Fsp3) is 0.417. The van der Waals surface area contributed by atoms with Crippen LogP contribution in [0.4, 0.5) is 0 Å². The summed E-state index contributed by atoms with van der Waals surface area (Å²) in [7, 11) is 0. The highest BCUT2D eigenvalue weighted by Crippen LogP contribution is 2.20. The molecule has 0 fully saturated rings. The number of aromatic hydroxyl groups is 1. The lowest BCUT2D eigenvalue weighted by molar-refractivity contribution is -0.118. The average Bonchev–Trinajstić information content (AvgIpc) is 2.28. The number of carbonyl (C=O) groups excluding carboxylic acids is 1. The molecule has 0 aromatic heterocycles. The average molecular weight is 236 g/mol. The molecule has 5 heteroatoms. The number of phenols is 1. The number of nitrogens with one attached hydrogen (secondary N) is 1. The summed E-state index contributed by atoms with van der Waals surface area (Å²) < 4.78 is 0. The van der Waals surface area contributed by atoms with Crippen molar-refractivity contribution < 1.29 is 9.90 Å². The van der Waals surface area contributed by atoms with Gasteiger partial charge in [0.15, 0.2) is 0 Å². The minimum Gasteiger partial charge on any atom is -0.508 e. The van der Waals surface area contributed by atoms with Crippen molar-refractivity contribution in [1.29, 1.82) is 0 Å². The van der Waals surface area contributed by atoms with E-state index in [2.05, 4.69) is 10.5 Å². The first-order valence-corrected chi connectivity index (χ1v) is 5.44. The monoisotopic (exact) mass is 236 g/mol. The van der Waals surface area contributed by atoms with Gasteiger partial charge in [-0.25, -0.2) is 0 Å². The maximum atomic E-state index is 11.1. The second-order valence-corrected chi connectivity index (χ2v) is 4.15. The molecule has 0 aliphatic heterocycles. The zero-order chi connectivity index (χ0) is 12.8. The van der Waals surface area contributed by atoms with Crippen LogP contribution in [-0.2, 0) is 4.79 Å². The molecule has 0 bridgehead atoms. The van der Waals surface area contributed by atoms with E-state index in [0.29, 0.717) is 0 Å². The van der Waals surface area contributed by atoms with Gasteiger partial charge < -0.3 is 10.4 Å². The molecule has 1 unspecified atom stereocenters. The Bertz CT molecular complexity index is 387. The van der Waals surface area contributed by atoms with Crippen molar-refractivity contribution in [2.45, 2.75) is 32.4 Å². The maximum absolute atomic E-state index is 11.1. The Morgan fingerprint density at radius 1 is 1.35 bits per heavy atom. The van der Waals surface area contributed by atoms with Gasteiger partial charge in [-0.15, -0.1) is 4.91 Å².